The molecule has 0 saturated heterocycles. The van der Waals surface area contributed by atoms with Crippen LogP contribution in [0.3, 0.4) is 0 Å². The van der Waals surface area contributed by atoms with Crippen LogP contribution in [0.1, 0.15) is 23.2 Å². The first-order valence-corrected chi connectivity index (χ1v) is 8.85. The lowest BCUT2D eigenvalue weighted by Gasteiger charge is -2.31. The van der Waals surface area contributed by atoms with Gasteiger partial charge >= 0.3 is 0 Å². The number of carbonyl (C=O) groups excluding carboxylic acids is 1. The van der Waals surface area contributed by atoms with Crippen molar-refractivity contribution in [3.63, 3.8) is 0 Å². The fraction of sp³-hybridized carbons (Fsp3) is 0.167. The zero-order chi connectivity index (χ0) is 15.6. The molecule has 4 heteroatoms. The zero-order valence-corrected chi connectivity index (χ0v) is 13.2. The molecule has 3 nitrogen and oxygen atoms in total. The molecule has 0 saturated carbocycles. The molecule has 3 rings (SSSR count). The number of rotatable bonds is 3. The van der Waals surface area contributed by atoms with Crippen LogP contribution in [0.25, 0.3) is 5.31 Å². The predicted molar refractivity (Wildman–Crippen MR) is 87.8 cm³/mol. The highest BCUT2D eigenvalue weighted by Gasteiger charge is 2.43. The van der Waals surface area contributed by atoms with Crippen LogP contribution in [0.4, 0.5) is 0 Å². The lowest BCUT2D eigenvalue weighted by atomic mass is 10.1. The molecule has 0 N–H and O–H groups in total. The minimum Gasteiger partial charge on any atom is -0.328 e. The maximum Gasteiger partial charge on any atom is 0.240 e. The lowest BCUT2D eigenvalue weighted by Crippen LogP contribution is -2.14. The van der Waals surface area contributed by atoms with Gasteiger partial charge in [0.15, 0.2) is 5.78 Å². The van der Waals surface area contributed by atoms with Crippen molar-refractivity contribution in [2.24, 2.45) is 0 Å². The first kappa shape index (κ1) is 15.0. The van der Waals surface area contributed by atoms with Gasteiger partial charge < -0.3 is 4.52 Å². The molecule has 0 radical (unpaired) electrons. The first-order chi connectivity index (χ1) is 10.6. The van der Waals surface area contributed by atoms with E-state index in [1.165, 1.54) is 13.2 Å². The zero-order valence-electron chi connectivity index (χ0n) is 12.3. The second-order valence-corrected chi connectivity index (χ2v) is 7.94. The molecule has 0 amide bonds. The van der Waals surface area contributed by atoms with Crippen LogP contribution in [-0.4, -0.2) is 12.9 Å². The van der Waals surface area contributed by atoms with Crippen molar-refractivity contribution in [3.05, 3.63) is 77.9 Å². The van der Waals surface area contributed by atoms with E-state index >= 15 is 0 Å². The molecule has 0 aromatic heterocycles. The van der Waals surface area contributed by atoms with Crippen LogP contribution in [0.2, 0.25) is 0 Å². The average molecular weight is 312 g/mol. The van der Waals surface area contributed by atoms with Gasteiger partial charge in [0.05, 0.1) is 5.66 Å². The Kier molecular flexibility index (Phi) is 4.10. The molecule has 2 aromatic rings. The third-order valence-corrected chi connectivity index (χ3v) is 6.87. The van der Waals surface area contributed by atoms with Crippen molar-refractivity contribution in [2.45, 2.75) is 12.1 Å². The molecular formula is C18H17O3P. The van der Waals surface area contributed by atoms with Crippen LogP contribution in [0.15, 0.2) is 66.7 Å². The van der Waals surface area contributed by atoms with E-state index in [2.05, 4.69) is 0 Å². The van der Waals surface area contributed by atoms with Crippen LogP contribution in [0.5, 0.6) is 0 Å². The van der Waals surface area contributed by atoms with E-state index in [1.807, 2.05) is 60.7 Å². The minimum absolute atomic E-state index is 0.0174. The second-order valence-electron chi connectivity index (χ2n) is 5.27. The largest absolute Gasteiger partial charge is 0.328 e. The Bertz CT molecular complexity index is 750. The highest BCUT2D eigenvalue weighted by Crippen LogP contribution is 2.71. The average Bonchev–Trinajstić information content (AvgIpc) is 2.58. The van der Waals surface area contributed by atoms with Crippen molar-refractivity contribution in [1.82, 2.24) is 0 Å². The monoisotopic (exact) mass is 312 g/mol. The van der Waals surface area contributed by atoms with Crippen LogP contribution in [-0.2, 0) is 13.9 Å². The fourth-order valence-electron chi connectivity index (χ4n) is 2.87. The quantitative estimate of drug-likeness (QED) is 0.774. The predicted octanol–water partition coefficient (Wildman–Crippen LogP) is 4.67. The smallest absolute Gasteiger partial charge is 0.240 e. The molecule has 1 aliphatic rings. The van der Waals surface area contributed by atoms with Crippen molar-refractivity contribution in [3.8, 4) is 0 Å². The number of hydrogen-bond acceptors (Lipinski definition) is 3. The van der Waals surface area contributed by atoms with E-state index in [9.17, 15) is 9.36 Å². The van der Waals surface area contributed by atoms with E-state index < -0.39 is 13.0 Å². The van der Waals surface area contributed by atoms with Crippen molar-refractivity contribution in [1.29, 1.82) is 0 Å². The number of ketones is 1. The fourth-order valence-corrected chi connectivity index (χ4v) is 5.47. The Balaban J connectivity index is 2.14. The third kappa shape index (κ3) is 2.58. The Morgan fingerprint density at radius 1 is 1.00 bits per heavy atom. The van der Waals surface area contributed by atoms with Gasteiger partial charge in [0.2, 0.25) is 7.37 Å². The van der Waals surface area contributed by atoms with Crippen LogP contribution < -0.4 is 0 Å². The third-order valence-electron chi connectivity index (χ3n) is 3.96. The molecule has 112 valence electrons. The molecule has 2 unspecified atom stereocenters. The standard InChI is InChI=1S/C18H17O3P/c1-21-22(20)17(14-8-4-2-5-9-14)12-16(19)13-18(22)15-10-6-3-7-11-15/h2-12,18H,13H2,1H3. The summed E-state index contributed by atoms with van der Waals surface area (Å²) < 4.78 is 19.1. The Morgan fingerprint density at radius 3 is 2.18 bits per heavy atom. The van der Waals surface area contributed by atoms with Gasteiger partial charge in [-0.05, 0) is 17.2 Å². The molecule has 0 spiro atoms. The highest BCUT2D eigenvalue weighted by molar-refractivity contribution is 7.70. The van der Waals surface area contributed by atoms with Crippen molar-refractivity contribution < 1.29 is 13.9 Å². The number of benzene rings is 2. The highest BCUT2D eigenvalue weighted by atomic mass is 31.2. The lowest BCUT2D eigenvalue weighted by molar-refractivity contribution is -0.114. The number of carbonyl (C=O) groups is 1. The topological polar surface area (TPSA) is 43.4 Å². The molecule has 2 atom stereocenters. The molecule has 0 bridgehead atoms. The summed E-state index contributed by atoms with van der Waals surface area (Å²) in [5.74, 6) is -0.0174. The first-order valence-electron chi connectivity index (χ1n) is 7.16. The van der Waals surface area contributed by atoms with Gasteiger partial charge in [0.1, 0.15) is 0 Å². The molecule has 0 aliphatic carbocycles. The van der Waals surface area contributed by atoms with E-state index in [-0.39, 0.29) is 12.2 Å². The second kappa shape index (κ2) is 6.04. The van der Waals surface area contributed by atoms with Gasteiger partial charge in [-0.2, -0.15) is 0 Å². The SMILES string of the molecule is COP1(=O)C(c2ccccc2)=CC(=O)CC1c1ccccc1. The maximum atomic E-state index is 13.6. The summed E-state index contributed by atoms with van der Waals surface area (Å²) in [4.78, 5) is 12.2. The van der Waals surface area contributed by atoms with Gasteiger partial charge in [-0.15, -0.1) is 0 Å². The number of hydrogen-bond donors (Lipinski definition) is 0. The van der Waals surface area contributed by atoms with E-state index in [4.69, 9.17) is 4.52 Å². The Morgan fingerprint density at radius 2 is 1.59 bits per heavy atom. The summed E-state index contributed by atoms with van der Waals surface area (Å²) in [7, 11) is -1.69. The van der Waals surface area contributed by atoms with Gasteiger partial charge in [0.25, 0.3) is 0 Å². The van der Waals surface area contributed by atoms with Crippen molar-refractivity contribution >= 4 is 18.5 Å². The Labute approximate surface area is 130 Å². The summed E-state index contributed by atoms with van der Waals surface area (Å²) in [6.07, 6.45) is 1.70. The van der Waals surface area contributed by atoms with Gasteiger partial charge in [-0.3, -0.25) is 9.36 Å². The van der Waals surface area contributed by atoms with E-state index in [0.717, 1.165) is 11.1 Å². The molecule has 0 fully saturated rings. The van der Waals surface area contributed by atoms with Gasteiger partial charge in [-0.1, -0.05) is 60.7 Å². The summed E-state index contributed by atoms with van der Waals surface area (Å²) in [5.41, 5.74) is 1.23. The molecule has 22 heavy (non-hydrogen) atoms. The normalized spacial score (nSPS) is 24.9. The summed E-state index contributed by atoms with van der Waals surface area (Å²) >= 11 is 0. The van der Waals surface area contributed by atoms with Crippen LogP contribution >= 0.6 is 7.37 Å². The number of allylic oxidation sites excluding steroid dienone is 1. The summed E-state index contributed by atoms with van der Waals surface area (Å²) in [5, 5.41) is 0.515. The van der Waals surface area contributed by atoms with Crippen LogP contribution in [0, 0.1) is 0 Å². The Hall–Kier alpha value is -1.96. The van der Waals surface area contributed by atoms with Crippen molar-refractivity contribution in [2.75, 3.05) is 7.11 Å². The summed E-state index contributed by atoms with van der Waals surface area (Å²) in [6, 6.07) is 18.8. The summed E-state index contributed by atoms with van der Waals surface area (Å²) in [6.45, 7) is 0. The maximum absolute atomic E-state index is 13.6. The van der Waals surface area contributed by atoms with E-state index in [0.29, 0.717) is 5.31 Å². The van der Waals surface area contributed by atoms with E-state index in [1.54, 1.807) is 0 Å². The van der Waals surface area contributed by atoms with Gasteiger partial charge in [-0.25, -0.2) is 0 Å². The molecule has 2 aromatic carbocycles. The molecular weight excluding hydrogens is 295 g/mol. The molecule has 1 aliphatic heterocycles. The minimum atomic E-state index is -3.16. The molecule has 1 heterocycles. The van der Waals surface area contributed by atoms with Gasteiger partial charge in [0, 0.05) is 18.8 Å².